The lowest BCUT2D eigenvalue weighted by molar-refractivity contribution is 0.0510. The van der Waals surface area contributed by atoms with Crippen LogP contribution < -0.4 is 4.74 Å². The summed E-state index contributed by atoms with van der Waals surface area (Å²) in [7, 11) is 1.52. The lowest BCUT2D eigenvalue weighted by Crippen LogP contribution is -2.04. The van der Waals surface area contributed by atoms with Gasteiger partial charge in [-0.1, -0.05) is 54.6 Å². The molecule has 0 spiro atoms. The average molecular weight is 358 g/mol. The Bertz CT molecular complexity index is 1150. The van der Waals surface area contributed by atoms with Crippen LogP contribution in [0.15, 0.2) is 66.7 Å². The Hall–Kier alpha value is -3.37. The van der Waals surface area contributed by atoms with Crippen molar-refractivity contribution in [3.63, 3.8) is 0 Å². The van der Waals surface area contributed by atoms with Crippen molar-refractivity contribution >= 4 is 27.8 Å². The molecule has 27 heavy (non-hydrogen) atoms. The van der Waals surface area contributed by atoms with Gasteiger partial charge in [0, 0.05) is 18.2 Å². The monoisotopic (exact) mass is 358 g/mol. The topological polar surface area (TPSA) is 55.8 Å². The minimum atomic E-state index is -0.00227. The minimum absolute atomic E-state index is 0.00227. The summed E-state index contributed by atoms with van der Waals surface area (Å²) in [6.07, 6.45) is 0.767. The van der Waals surface area contributed by atoms with E-state index < -0.39 is 0 Å². The zero-order chi connectivity index (χ0) is 18.8. The molecule has 0 aliphatic rings. The number of phenols is 1. The first-order valence-corrected chi connectivity index (χ1v) is 8.58. The molecule has 0 heterocycles. The summed E-state index contributed by atoms with van der Waals surface area (Å²) in [6.45, 7) is -0.00227. The van der Waals surface area contributed by atoms with Crippen molar-refractivity contribution in [3.05, 3.63) is 72.3 Å². The van der Waals surface area contributed by atoms with Crippen molar-refractivity contribution in [3.8, 4) is 22.6 Å². The third kappa shape index (κ3) is 2.90. The Balaban J connectivity index is 2.18. The SMILES string of the molecule is COCOc1c(C=O)cc2ccccc2c1-c1c(O)ccc2ccccc12. The van der Waals surface area contributed by atoms with Crippen LogP contribution in [0.4, 0.5) is 0 Å². The number of hydrogen-bond donors (Lipinski definition) is 1. The van der Waals surface area contributed by atoms with Gasteiger partial charge in [0.05, 0.1) is 5.56 Å². The molecule has 0 atom stereocenters. The van der Waals surface area contributed by atoms with Crippen LogP contribution in [0, 0.1) is 0 Å². The number of methoxy groups -OCH3 is 1. The molecule has 0 unspecified atom stereocenters. The van der Waals surface area contributed by atoms with Crippen LogP contribution in [-0.2, 0) is 4.74 Å². The van der Waals surface area contributed by atoms with E-state index in [9.17, 15) is 9.90 Å². The summed E-state index contributed by atoms with van der Waals surface area (Å²) in [5, 5.41) is 14.4. The number of rotatable bonds is 5. The van der Waals surface area contributed by atoms with Gasteiger partial charge >= 0.3 is 0 Å². The summed E-state index contributed by atoms with van der Waals surface area (Å²) in [5.74, 6) is 0.529. The third-order valence-electron chi connectivity index (χ3n) is 4.64. The highest BCUT2D eigenvalue weighted by Crippen LogP contribution is 2.46. The number of carbonyl (C=O) groups is 1. The second-order valence-corrected chi connectivity index (χ2v) is 6.24. The lowest BCUT2D eigenvalue weighted by Gasteiger charge is -2.18. The first kappa shape index (κ1) is 17.1. The van der Waals surface area contributed by atoms with Crippen molar-refractivity contribution in [1.29, 1.82) is 0 Å². The van der Waals surface area contributed by atoms with E-state index in [1.165, 1.54) is 7.11 Å². The quantitative estimate of drug-likeness (QED) is 0.395. The predicted molar refractivity (Wildman–Crippen MR) is 106 cm³/mol. The predicted octanol–water partition coefficient (Wildman–Crippen LogP) is 5.16. The van der Waals surface area contributed by atoms with Gasteiger partial charge < -0.3 is 14.6 Å². The molecule has 4 rings (SSSR count). The Labute approximate surface area is 156 Å². The molecule has 134 valence electrons. The Morgan fingerprint density at radius 3 is 2.26 bits per heavy atom. The molecular weight excluding hydrogens is 340 g/mol. The maximum Gasteiger partial charge on any atom is 0.188 e. The zero-order valence-corrected chi connectivity index (χ0v) is 14.8. The second-order valence-electron chi connectivity index (χ2n) is 6.24. The molecule has 4 heteroatoms. The van der Waals surface area contributed by atoms with Crippen LogP contribution in [-0.4, -0.2) is 25.3 Å². The van der Waals surface area contributed by atoms with Gasteiger partial charge in [0.25, 0.3) is 0 Å². The molecule has 0 amide bonds. The molecule has 4 aromatic rings. The first-order chi connectivity index (χ1) is 13.2. The number of ether oxygens (including phenoxy) is 2. The fourth-order valence-electron chi connectivity index (χ4n) is 3.48. The smallest absolute Gasteiger partial charge is 0.188 e. The van der Waals surface area contributed by atoms with E-state index in [0.29, 0.717) is 22.4 Å². The summed E-state index contributed by atoms with van der Waals surface area (Å²) >= 11 is 0. The molecular formula is C23H18O4. The Morgan fingerprint density at radius 1 is 0.889 bits per heavy atom. The molecule has 0 saturated carbocycles. The van der Waals surface area contributed by atoms with E-state index in [1.54, 1.807) is 12.1 Å². The van der Waals surface area contributed by atoms with E-state index in [2.05, 4.69) is 0 Å². The Kier molecular flexibility index (Phi) is 4.48. The Morgan fingerprint density at radius 2 is 1.56 bits per heavy atom. The molecule has 0 radical (unpaired) electrons. The third-order valence-corrected chi connectivity index (χ3v) is 4.64. The molecule has 0 bridgehead atoms. The molecule has 4 aromatic carbocycles. The molecule has 0 saturated heterocycles. The van der Waals surface area contributed by atoms with Crippen LogP contribution in [0.2, 0.25) is 0 Å². The number of phenolic OH excluding ortho intramolecular Hbond substituents is 1. The van der Waals surface area contributed by atoms with Crippen LogP contribution in [0.5, 0.6) is 11.5 Å². The second kappa shape index (κ2) is 7.09. The normalized spacial score (nSPS) is 11.0. The van der Waals surface area contributed by atoms with Crippen molar-refractivity contribution in [2.24, 2.45) is 0 Å². The molecule has 0 aliphatic carbocycles. The number of aldehydes is 1. The van der Waals surface area contributed by atoms with Crippen LogP contribution in [0.3, 0.4) is 0 Å². The maximum atomic E-state index is 11.8. The summed E-state index contributed by atoms with van der Waals surface area (Å²) in [5.41, 5.74) is 1.73. The number of aromatic hydroxyl groups is 1. The molecule has 0 aliphatic heterocycles. The van der Waals surface area contributed by atoms with Gasteiger partial charge in [-0.3, -0.25) is 4.79 Å². The van der Waals surface area contributed by atoms with Gasteiger partial charge in [0.2, 0.25) is 0 Å². The van der Waals surface area contributed by atoms with E-state index >= 15 is 0 Å². The first-order valence-electron chi connectivity index (χ1n) is 8.58. The minimum Gasteiger partial charge on any atom is -0.507 e. The molecule has 0 aromatic heterocycles. The number of carbonyl (C=O) groups excluding carboxylic acids is 1. The van der Waals surface area contributed by atoms with Gasteiger partial charge in [-0.05, 0) is 33.7 Å². The number of hydrogen-bond acceptors (Lipinski definition) is 4. The van der Waals surface area contributed by atoms with Gasteiger partial charge in [-0.15, -0.1) is 0 Å². The van der Waals surface area contributed by atoms with Crippen molar-refractivity contribution in [1.82, 2.24) is 0 Å². The van der Waals surface area contributed by atoms with E-state index in [-0.39, 0.29) is 12.5 Å². The maximum absolute atomic E-state index is 11.8. The van der Waals surface area contributed by atoms with Crippen LogP contribution in [0.25, 0.3) is 32.7 Å². The fraction of sp³-hybridized carbons (Fsp3) is 0.0870. The van der Waals surface area contributed by atoms with Crippen molar-refractivity contribution in [2.75, 3.05) is 13.9 Å². The van der Waals surface area contributed by atoms with Gasteiger partial charge in [-0.25, -0.2) is 0 Å². The highest BCUT2D eigenvalue weighted by molar-refractivity contribution is 6.12. The summed E-state index contributed by atoms with van der Waals surface area (Å²) in [4.78, 5) is 11.8. The highest BCUT2D eigenvalue weighted by atomic mass is 16.7. The summed E-state index contributed by atoms with van der Waals surface area (Å²) < 4.78 is 10.9. The van der Waals surface area contributed by atoms with Crippen molar-refractivity contribution < 1.29 is 19.4 Å². The molecule has 4 nitrogen and oxygen atoms in total. The zero-order valence-electron chi connectivity index (χ0n) is 14.8. The molecule has 1 N–H and O–H groups in total. The van der Waals surface area contributed by atoms with Gasteiger partial charge in [0.15, 0.2) is 13.1 Å². The van der Waals surface area contributed by atoms with Gasteiger partial charge in [0.1, 0.15) is 11.5 Å². The average Bonchev–Trinajstić information content (AvgIpc) is 2.71. The molecule has 0 fully saturated rings. The van der Waals surface area contributed by atoms with Crippen molar-refractivity contribution in [2.45, 2.75) is 0 Å². The fourth-order valence-corrected chi connectivity index (χ4v) is 3.48. The van der Waals surface area contributed by atoms with E-state index in [4.69, 9.17) is 9.47 Å². The van der Waals surface area contributed by atoms with Crippen LogP contribution >= 0.6 is 0 Å². The largest absolute Gasteiger partial charge is 0.507 e. The van der Waals surface area contributed by atoms with E-state index in [1.807, 2.05) is 54.6 Å². The summed E-state index contributed by atoms with van der Waals surface area (Å²) in [6, 6.07) is 20.9. The highest BCUT2D eigenvalue weighted by Gasteiger charge is 2.21. The van der Waals surface area contributed by atoms with E-state index in [0.717, 1.165) is 27.8 Å². The lowest BCUT2D eigenvalue weighted by atomic mass is 9.90. The number of benzene rings is 4. The number of fused-ring (bicyclic) bond motifs is 2. The van der Waals surface area contributed by atoms with Gasteiger partial charge in [-0.2, -0.15) is 0 Å². The standard InChI is InChI=1S/C23H18O4/c1-26-14-27-23-17(13-24)12-16-7-3-5-9-19(16)22(23)21-18-8-4-2-6-15(18)10-11-20(21)25/h2-13,25H,14H2,1H3. The van der Waals surface area contributed by atoms with Crippen LogP contribution in [0.1, 0.15) is 10.4 Å².